The molecule has 1 fully saturated rings. The Bertz CT molecular complexity index is 1050. The average molecular weight is 428 g/mol. The molecule has 0 atom stereocenters. The first-order valence-corrected chi connectivity index (χ1v) is 10.6. The maximum absolute atomic E-state index is 12.5. The van der Waals surface area contributed by atoms with Gasteiger partial charge in [0.05, 0.1) is 37.5 Å². The minimum Gasteiger partial charge on any atom is -0.497 e. The van der Waals surface area contributed by atoms with Crippen LogP contribution >= 0.6 is 11.3 Å². The van der Waals surface area contributed by atoms with E-state index >= 15 is 0 Å². The van der Waals surface area contributed by atoms with Gasteiger partial charge in [-0.2, -0.15) is 0 Å². The molecule has 1 saturated heterocycles. The fourth-order valence-corrected chi connectivity index (χ4v) is 4.43. The third-order valence-electron chi connectivity index (χ3n) is 5.27. The highest BCUT2D eigenvalue weighted by atomic mass is 32.1. The number of methoxy groups -OCH3 is 3. The number of fused-ring (bicyclic) bond motifs is 1. The zero-order chi connectivity index (χ0) is 21.1. The molecule has 3 aromatic rings. The first kappa shape index (κ1) is 20.3. The molecule has 2 aromatic carbocycles. The summed E-state index contributed by atoms with van der Waals surface area (Å²) < 4.78 is 17.0. The van der Waals surface area contributed by atoms with E-state index in [4.69, 9.17) is 14.2 Å². The van der Waals surface area contributed by atoms with Crippen LogP contribution in [0, 0.1) is 5.92 Å². The molecule has 0 aliphatic carbocycles. The van der Waals surface area contributed by atoms with Crippen LogP contribution in [0.1, 0.15) is 5.56 Å². The van der Waals surface area contributed by atoms with Crippen LogP contribution in [0.2, 0.25) is 0 Å². The van der Waals surface area contributed by atoms with Gasteiger partial charge in [0.25, 0.3) is 0 Å². The second kappa shape index (κ2) is 8.79. The van der Waals surface area contributed by atoms with E-state index in [1.165, 1.54) is 0 Å². The first-order valence-electron chi connectivity index (χ1n) is 9.79. The Hall–Kier alpha value is -3.00. The molecule has 1 aliphatic heterocycles. The van der Waals surface area contributed by atoms with Crippen molar-refractivity contribution in [3.05, 3.63) is 42.0 Å². The molecule has 7 nitrogen and oxygen atoms in total. The lowest BCUT2D eigenvalue weighted by molar-refractivity contribution is -0.125. The van der Waals surface area contributed by atoms with Gasteiger partial charge < -0.3 is 24.4 Å². The maximum Gasteiger partial charge on any atom is 0.226 e. The Morgan fingerprint density at radius 2 is 1.90 bits per heavy atom. The van der Waals surface area contributed by atoms with Gasteiger partial charge in [-0.3, -0.25) is 4.79 Å². The summed E-state index contributed by atoms with van der Waals surface area (Å²) in [7, 11) is 4.89. The van der Waals surface area contributed by atoms with Gasteiger partial charge in [-0.1, -0.05) is 17.4 Å². The average Bonchev–Trinajstić information content (AvgIpc) is 3.14. The van der Waals surface area contributed by atoms with Crippen LogP contribution in [0.3, 0.4) is 0 Å². The molecule has 8 heteroatoms. The predicted molar refractivity (Wildman–Crippen MR) is 118 cm³/mol. The molecule has 0 radical (unpaired) electrons. The van der Waals surface area contributed by atoms with Gasteiger partial charge in [0.1, 0.15) is 5.75 Å². The molecule has 1 aromatic heterocycles. The van der Waals surface area contributed by atoms with Gasteiger partial charge in [-0.15, -0.1) is 0 Å². The van der Waals surface area contributed by atoms with E-state index in [1.807, 2.05) is 36.4 Å². The number of nitrogens with one attached hydrogen (secondary N) is 1. The van der Waals surface area contributed by atoms with Crippen molar-refractivity contribution in [3.8, 4) is 17.2 Å². The molecule has 1 N–H and O–H groups in total. The van der Waals surface area contributed by atoms with Gasteiger partial charge in [0, 0.05) is 25.7 Å². The third kappa shape index (κ3) is 4.14. The van der Waals surface area contributed by atoms with Gasteiger partial charge >= 0.3 is 0 Å². The van der Waals surface area contributed by atoms with Gasteiger partial charge in [-0.25, -0.2) is 4.98 Å². The molecule has 1 aliphatic rings. The molecule has 0 bridgehead atoms. The van der Waals surface area contributed by atoms with Crippen molar-refractivity contribution in [2.24, 2.45) is 5.92 Å². The summed E-state index contributed by atoms with van der Waals surface area (Å²) in [5.41, 5.74) is 2.02. The van der Waals surface area contributed by atoms with Crippen molar-refractivity contribution >= 4 is 32.6 Å². The zero-order valence-corrected chi connectivity index (χ0v) is 18.1. The van der Waals surface area contributed by atoms with E-state index in [-0.39, 0.29) is 11.8 Å². The minimum absolute atomic E-state index is 0.00282. The number of amides is 1. The predicted octanol–water partition coefficient (Wildman–Crippen LogP) is 3.12. The van der Waals surface area contributed by atoms with Crippen LogP contribution in [-0.4, -0.2) is 51.9 Å². The summed E-state index contributed by atoms with van der Waals surface area (Å²) in [4.78, 5) is 19.3. The largest absolute Gasteiger partial charge is 0.497 e. The maximum atomic E-state index is 12.5. The summed E-state index contributed by atoms with van der Waals surface area (Å²) in [5.74, 6) is 2.29. The number of anilines is 1. The van der Waals surface area contributed by atoms with Crippen molar-refractivity contribution in [2.75, 3.05) is 45.9 Å². The molecule has 0 saturated carbocycles. The topological polar surface area (TPSA) is 72.9 Å². The Labute approximate surface area is 179 Å². The normalized spacial score (nSPS) is 13.8. The fourth-order valence-electron chi connectivity index (χ4n) is 3.47. The number of benzene rings is 2. The van der Waals surface area contributed by atoms with Crippen molar-refractivity contribution < 1.29 is 19.0 Å². The number of ether oxygens (including phenoxy) is 3. The lowest BCUT2D eigenvalue weighted by atomic mass is 10.00. The van der Waals surface area contributed by atoms with Crippen molar-refractivity contribution in [1.82, 2.24) is 10.3 Å². The van der Waals surface area contributed by atoms with Crippen molar-refractivity contribution in [1.29, 1.82) is 0 Å². The smallest absolute Gasteiger partial charge is 0.226 e. The summed E-state index contributed by atoms with van der Waals surface area (Å²) in [6.45, 7) is 1.98. The van der Waals surface area contributed by atoms with Gasteiger partial charge in [0.15, 0.2) is 16.6 Å². The number of hydrogen-bond acceptors (Lipinski definition) is 7. The molecule has 30 heavy (non-hydrogen) atoms. The van der Waals surface area contributed by atoms with Crippen LogP contribution < -0.4 is 24.4 Å². The molecule has 0 unspecified atom stereocenters. The molecule has 0 spiro atoms. The molecular formula is C22H25N3O4S. The zero-order valence-electron chi connectivity index (χ0n) is 17.3. The van der Waals surface area contributed by atoms with E-state index in [2.05, 4.69) is 15.2 Å². The Balaban J connectivity index is 1.26. The fraction of sp³-hybridized carbons (Fsp3) is 0.364. The van der Waals surface area contributed by atoms with Gasteiger partial charge in [0.2, 0.25) is 5.91 Å². The molecule has 1 amide bonds. The van der Waals surface area contributed by atoms with E-state index in [0.717, 1.165) is 33.1 Å². The summed E-state index contributed by atoms with van der Waals surface area (Å²) in [6.07, 6.45) is 0.738. The number of hydrogen-bond donors (Lipinski definition) is 1. The molecule has 2 heterocycles. The summed E-state index contributed by atoms with van der Waals surface area (Å²) in [6, 6.07) is 11.7. The highest BCUT2D eigenvalue weighted by Gasteiger charge is 2.34. The third-order valence-corrected chi connectivity index (χ3v) is 6.36. The second-order valence-corrected chi connectivity index (χ2v) is 8.17. The molecule has 158 valence electrons. The van der Waals surface area contributed by atoms with Crippen LogP contribution in [0.5, 0.6) is 17.2 Å². The van der Waals surface area contributed by atoms with Crippen LogP contribution in [0.25, 0.3) is 10.2 Å². The summed E-state index contributed by atoms with van der Waals surface area (Å²) in [5, 5.41) is 3.99. The lowest BCUT2D eigenvalue weighted by Gasteiger charge is -2.37. The highest BCUT2D eigenvalue weighted by molar-refractivity contribution is 7.22. The second-order valence-electron chi connectivity index (χ2n) is 7.16. The van der Waals surface area contributed by atoms with Crippen LogP contribution in [0.4, 0.5) is 5.13 Å². The number of carbonyl (C=O) groups excluding carboxylic acids is 1. The quantitative estimate of drug-likeness (QED) is 0.596. The van der Waals surface area contributed by atoms with E-state index in [0.29, 0.717) is 31.1 Å². The number of nitrogens with zero attached hydrogens (tertiary/aromatic N) is 2. The number of thiazole rings is 1. The van der Waals surface area contributed by atoms with Crippen LogP contribution in [0.15, 0.2) is 36.4 Å². The lowest BCUT2D eigenvalue weighted by Crippen LogP contribution is -2.54. The number of rotatable bonds is 8. The summed E-state index contributed by atoms with van der Waals surface area (Å²) >= 11 is 1.64. The Kier molecular flexibility index (Phi) is 5.94. The van der Waals surface area contributed by atoms with Crippen LogP contribution in [-0.2, 0) is 11.2 Å². The minimum atomic E-state index is -0.00282. The first-order chi connectivity index (χ1) is 14.6. The SMILES string of the molecule is COc1ccc2sc(N3CC(C(=O)NCCc4ccc(OC)c(OC)c4)C3)nc2c1. The van der Waals surface area contributed by atoms with E-state index < -0.39 is 0 Å². The Morgan fingerprint density at radius 3 is 2.63 bits per heavy atom. The van der Waals surface area contributed by atoms with Gasteiger partial charge in [-0.05, 0) is 36.2 Å². The van der Waals surface area contributed by atoms with Crippen molar-refractivity contribution in [3.63, 3.8) is 0 Å². The van der Waals surface area contributed by atoms with E-state index in [9.17, 15) is 4.79 Å². The van der Waals surface area contributed by atoms with Crippen molar-refractivity contribution in [2.45, 2.75) is 6.42 Å². The standard InChI is InChI=1S/C22H25N3O4S/c1-27-16-5-7-20-17(11-16)24-22(30-20)25-12-15(13-25)21(26)23-9-8-14-4-6-18(28-2)19(10-14)29-3/h4-7,10-11,15H,8-9,12-13H2,1-3H3,(H,23,26). The molecular weight excluding hydrogens is 402 g/mol. The molecule has 4 rings (SSSR count). The highest BCUT2D eigenvalue weighted by Crippen LogP contribution is 2.34. The monoisotopic (exact) mass is 427 g/mol. The Morgan fingerprint density at radius 1 is 1.10 bits per heavy atom. The van der Waals surface area contributed by atoms with E-state index in [1.54, 1.807) is 32.7 Å². The number of aromatic nitrogens is 1. The number of carbonyl (C=O) groups is 1.